The van der Waals surface area contributed by atoms with Crippen LogP contribution in [0.3, 0.4) is 0 Å². The van der Waals surface area contributed by atoms with Crippen molar-refractivity contribution in [2.24, 2.45) is 0 Å². The van der Waals surface area contributed by atoms with Gasteiger partial charge in [0.15, 0.2) is 0 Å². The van der Waals surface area contributed by atoms with Crippen LogP contribution in [0.25, 0.3) is 0 Å². The SMILES string of the molecule is CCc1ccc(CNC(=O)N[C@H]2CNC(=O)C2)s1. The van der Waals surface area contributed by atoms with E-state index in [0.29, 0.717) is 19.5 Å². The first-order valence-electron chi connectivity index (χ1n) is 6.06. The molecule has 0 aromatic carbocycles. The fourth-order valence-electron chi connectivity index (χ4n) is 1.82. The van der Waals surface area contributed by atoms with Crippen molar-refractivity contribution in [2.45, 2.75) is 32.4 Å². The Bertz CT molecular complexity index is 444. The van der Waals surface area contributed by atoms with Crippen LogP contribution in [0.1, 0.15) is 23.1 Å². The molecule has 0 bridgehead atoms. The summed E-state index contributed by atoms with van der Waals surface area (Å²) in [6.45, 7) is 3.16. The van der Waals surface area contributed by atoms with Gasteiger partial charge in [0.05, 0.1) is 12.6 Å². The Morgan fingerprint density at radius 1 is 1.50 bits per heavy atom. The molecule has 1 fully saturated rings. The summed E-state index contributed by atoms with van der Waals surface area (Å²) in [5.41, 5.74) is 0. The van der Waals surface area contributed by atoms with E-state index in [1.165, 1.54) is 4.88 Å². The van der Waals surface area contributed by atoms with Crippen molar-refractivity contribution in [2.75, 3.05) is 6.54 Å². The van der Waals surface area contributed by atoms with Gasteiger partial charge in [0.1, 0.15) is 0 Å². The van der Waals surface area contributed by atoms with E-state index in [2.05, 4.69) is 28.9 Å². The minimum Gasteiger partial charge on any atom is -0.354 e. The first-order chi connectivity index (χ1) is 8.67. The third-order valence-electron chi connectivity index (χ3n) is 2.80. The quantitative estimate of drug-likeness (QED) is 0.761. The number of aryl methyl sites for hydroxylation is 1. The van der Waals surface area contributed by atoms with Gasteiger partial charge in [-0.3, -0.25) is 4.79 Å². The third kappa shape index (κ3) is 3.46. The average Bonchev–Trinajstić information content (AvgIpc) is 2.95. The van der Waals surface area contributed by atoms with Crippen molar-refractivity contribution < 1.29 is 9.59 Å². The number of nitrogens with one attached hydrogen (secondary N) is 3. The zero-order valence-electron chi connectivity index (χ0n) is 10.3. The zero-order chi connectivity index (χ0) is 13.0. The summed E-state index contributed by atoms with van der Waals surface area (Å²) in [5, 5.41) is 8.25. The van der Waals surface area contributed by atoms with Crippen LogP contribution in [-0.4, -0.2) is 24.5 Å². The van der Waals surface area contributed by atoms with Gasteiger partial charge in [0.25, 0.3) is 0 Å². The molecule has 0 radical (unpaired) electrons. The lowest BCUT2D eigenvalue weighted by Crippen LogP contribution is -2.42. The Balaban J connectivity index is 1.73. The van der Waals surface area contributed by atoms with E-state index in [1.807, 2.05) is 6.07 Å². The maximum Gasteiger partial charge on any atom is 0.315 e. The number of carbonyl (C=O) groups is 2. The van der Waals surface area contributed by atoms with Gasteiger partial charge in [-0.1, -0.05) is 6.92 Å². The predicted octanol–water partition coefficient (Wildman–Crippen LogP) is 0.998. The molecular weight excluding hydrogens is 250 g/mol. The Morgan fingerprint density at radius 2 is 2.28 bits per heavy atom. The first-order valence-corrected chi connectivity index (χ1v) is 6.87. The minimum atomic E-state index is -0.219. The van der Waals surface area contributed by atoms with E-state index >= 15 is 0 Å². The van der Waals surface area contributed by atoms with Crippen LogP contribution in [-0.2, 0) is 17.8 Å². The van der Waals surface area contributed by atoms with E-state index in [-0.39, 0.29) is 18.0 Å². The van der Waals surface area contributed by atoms with Gasteiger partial charge in [-0.05, 0) is 18.6 Å². The van der Waals surface area contributed by atoms with Gasteiger partial charge < -0.3 is 16.0 Å². The highest BCUT2D eigenvalue weighted by atomic mass is 32.1. The second-order valence-electron chi connectivity index (χ2n) is 4.25. The topological polar surface area (TPSA) is 70.2 Å². The molecule has 0 saturated carbocycles. The molecule has 2 heterocycles. The number of carbonyl (C=O) groups excluding carboxylic acids is 2. The monoisotopic (exact) mass is 267 g/mol. The smallest absolute Gasteiger partial charge is 0.315 e. The number of hydrogen-bond acceptors (Lipinski definition) is 3. The molecule has 98 valence electrons. The second-order valence-corrected chi connectivity index (χ2v) is 5.51. The number of urea groups is 1. The molecule has 1 aromatic heterocycles. The highest BCUT2D eigenvalue weighted by Gasteiger charge is 2.22. The molecule has 1 atom stereocenters. The Hall–Kier alpha value is -1.56. The lowest BCUT2D eigenvalue weighted by Gasteiger charge is -2.10. The molecule has 3 amide bonds. The van der Waals surface area contributed by atoms with E-state index < -0.39 is 0 Å². The summed E-state index contributed by atoms with van der Waals surface area (Å²) in [4.78, 5) is 25.0. The number of rotatable bonds is 4. The lowest BCUT2D eigenvalue weighted by molar-refractivity contribution is -0.119. The van der Waals surface area contributed by atoms with E-state index in [0.717, 1.165) is 11.3 Å². The largest absolute Gasteiger partial charge is 0.354 e. The molecule has 1 aliphatic heterocycles. The highest BCUT2D eigenvalue weighted by Crippen LogP contribution is 2.16. The highest BCUT2D eigenvalue weighted by molar-refractivity contribution is 7.11. The van der Waals surface area contributed by atoms with Crippen LogP contribution in [0.15, 0.2) is 12.1 Å². The maximum absolute atomic E-state index is 11.6. The van der Waals surface area contributed by atoms with Gasteiger partial charge in [0.2, 0.25) is 5.91 Å². The van der Waals surface area contributed by atoms with Crippen LogP contribution in [0, 0.1) is 0 Å². The average molecular weight is 267 g/mol. The molecule has 3 N–H and O–H groups in total. The van der Waals surface area contributed by atoms with Crippen LogP contribution in [0.4, 0.5) is 4.79 Å². The summed E-state index contributed by atoms with van der Waals surface area (Å²) >= 11 is 1.71. The molecule has 0 unspecified atom stereocenters. The standard InChI is InChI=1S/C12H17N3O2S/c1-2-9-3-4-10(18-9)7-14-12(17)15-8-5-11(16)13-6-8/h3-4,8H,2,5-7H2,1H3,(H,13,16)(H2,14,15,17)/t8-/m1/s1. The molecular formula is C12H17N3O2S. The number of hydrogen-bond donors (Lipinski definition) is 3. The van der Waals surface area contributed by atoms with E-state index in [4.69, 9.17) is 0 Å². The van der Waals surface area contributed by atoms with Gasteiger partial charge in [-0.15, -0.1) is 11.3 Å². The molecule has 0 aliphatic carbocycles. The first kappa shape index (κ1) is 12.9. The molecule has 2 rings (SSSR count). The maximum atomic E-state index is 11.6. The van der Waals surface area contributed by atoms with Crippen molar-refractivity contribution in [1.29, 1.82) is 0 Å². The summed E-state index contributed by atoms with van der Waals surface area (Å²) in [6.07, 6.45) is 1.39. The molecule has 1 saturated heterocycles. The number of amides is 3. The van der Waals surface area contributed by atoms with Gasteiger partial charge >= 0.3 is 6.03 Å². The Morgan fingerprint density at radius 3 is 2.89 bits per heavy atom. The fraction of sp³-hybridized carbons (Fsp3) is 0.500. The fourth-order valence-corrected chi connectivity index (χ4v) is 2.72. The molecule has 1 aromatic rings. The summed E-state index contributed by atoms with van der Waals surface area (Å²) in [6, 6.07) is 3.80. The van der Waals surface area contributed by atoms with E-state index in [1.54, 1.807) is 11.3 Å². The van der Waals surface area contributed by atoms with Crippen molar-refractivity contribution in [1.82, 2.24) is 16.0 Å². The summed E-state index contributed by atoms with van der Waals surface area (Å²) < 4.78 is 0. The number of thiophene rings is 1. The molecule has 0 spiro atoms. The van der Waals surface area contributed by atoms with Crippen LogP contribution < -0.4 is 16.0 Å². The van der Waals surface area contributed by atoms with Crippen molar-refractivity contribution in [3.05, 3.63) is 21.9 Å². The van der Waals surface area contributed by atoms with E-state index in [9.17, 15) is 9.59 Å². The van der Waals surface area contributed by atoms with Crippen LogP contribution in [0.5, 0.6) is 0 Å². The minimum absolute atomic E-state index is 0.00820. The Kier molecular flexibility index (Phi) is 4.19. The molecule has 5 nitrogen and oxygen atoms in total. The Labute approximate surface area is 110 Å². The molecule has 18 heavy (non-hydrogen) atoms. The molecule has 6 heteroatoms. The van der Waals surface area contributed by atoms with Crippen molar-refractivity contribution in [3.63, 3.8) is 0 Å². The second kappa shape index (κ2) is 5.86. The van der Waals surface area contributed by atoms with Crippen LogP contribution >= 0.6 is 11.3 Å². The zero-order valence-corrected chi connectivity index (χ0v) is 11.1. The summed E-state index contributed by atoms with van der Waals surface area (Å²) in [5.74, 6) is -0.00820. The van der Waals surface area contributed by atoms with Crippen molar-refractivity contribution in [3.8, 4) is 0 Å². The lowest BCUT2D eigenvalue weighted by atomic mass is 10.2. The van der Waals surface area contributed by atoms with Crippen molar-refractivity contribution >= 4 is 23.3 Å². The molecule has 1 aliphatic rings. The normalized spacial score (nSPS) is 18.5. The van der Waals surface area contributed by atoms with Crippen LogP contribution in [0.2, 0.25) is 0 Å². The van der Waals surface area contributed by atoms with Gasteiger partial charge in [-0.2, -0.15) is 0 Å². The summed E-state index contributed by atoms with van der Waals surface area (Å²) in [7, 11) is 0. The van der Waals surface area contributed by atoms with Gasteiger partial charge in [-0.25, -0.2) is 4.79 Å². The third-order valence-corrected chi connectivity index (χ3v) is 4.03. The predicted molar refractivity (Wildman–Crippen MR) is 70.5 cm³/mol. The van der Waals surface area contributed by atoms with Gasteiger partial charge in [0, 0.05) is 22.7 Å².